The molecule has 0 aliphatic rings. The molecule has 2 aromatic carbocycles. The fourth-order valence-electron chi connectivity index (χ4n) is 2.12. The smallest absolute Gasteiger partial charge is 0.228 e. The quantitative estimate of drug-likeness (QED) is 0.859. The number of nitrogens with one attached hydrogen (secondary N) is 1. The molecule has 0 aliphatic carbocycles. The molecule has 1 amide bonds. The van der Waals surface area contributed by atoms with Crippen molar-refractivity contribution in [3.63, 3.8) is 0 Å². The number of hydrogen-bond acceptors (Lipinski definition) is 1. The average molecular weight is 285 g/mol. The Morgan fingerprint density at radius 3 is 2.29 bits per heavy atom. The van der Waals surface area contributed by atoms with Crippen molar-refractivity contribution in [1.29, 1.82) is 0 Å². The molecule has 0 saturated heterocycles. The van der Waals surface area contributed by atoms with Gasteiger partial charge in [0.05, 0.1) is 6.42 Å². The zero-order valence-corrected chi connectivity index (χ0v) is 12.4. The van der Waals surface area contributed by atoms with Crippen LogP contribution >= 0.6 is 0 Å². The Bertz CT molecular complexity index is 590. The summed E-state index contributed by atoms with van der Waals surface area (Å²) in [6.45, 7) is 4.34. The largest absolute Gasteiger partial charge is 0.326 e. The van der Waals surface area contributed by atoms with E-state index in [4.69, 9.17) is 0 Å². The summed E-state index contributed by atoms with van der Waals surface area (Å²) in [4.78, 5) is 11.9. The van der Waals surface area contributed by atoms with Crippen molar-refractivity contribution in [2.45, 2.75) is 32.6 Å². The van der Waals surface area contributed by atoms with Crippen molar-refractivity contribution in [2.24, 2.45) is 0 Å². The van der Waals surface area contributed by atoms with Crippen LogP contribution in [0.5, 0.6) is 0 Å². The van der Waals surface area contributed by atoms with Gasteiger partial charge >= 0.3 is 0 Å². The van der Waals surface area contributed by atoms with Gasteiger partial charge in [-0.25, -0.2) is 4.39 Å². The first-order chi connectivity index (χ1) is 10.1. The van der Waals surface area contributed by atoms with Crippen LogP contribution in [0.25, 0.3) is 0 Å². The molecule has 0 unspecified atom stereocenters. The molecule has 21 heavy (non-hydrogen) atoms. The maximum atomic E-state index is 12.8. The molecule has 0 bridgehead atoms. The zero-order valence-electron chi connectivity index (χ0n) is 12.4. The van der Waals surface area contributed by atoms with Crippen LogP contribution in [0.2, 0.25) is 0 Å². The van der Waals surface area contributed by atoms with Crippen molar-refractivity contribution in [3.05, 3.63) is 65.5 Å². The molecular formula is C18H20FNO. The van der Waals surface area contributed by atoms with Crippen LogP contribution < -0.4 is 5.32 Å². The molecule has 110 valence electrons. The van der Waals surface area contributed by atoms with E-state index in [9.17, 15) is 9.18 Å². The first kappa shape index (κ1) is 15.2. The van der Waals surface area contributed by atoms with E-state index in [1.807, 2.05) is 24.3 Å². The van der Waals surface area contributed by atoms with E-state index in [1.165, 1.54) is 17.7 Å². The number of rotatable bonds is 5. The molecular weight excluding hydrogens is 265 g/mol. The lowest BCUT2D eigenvalue weighted by Gasteiger charge is -2.10. The number of halogens is 1. The molecule has 0 spiro atoms. The molecule has 0 heterocycles. The SMILES string of the molecule is CC[C@H](C)c1ccc(NC(=O)Cc2ccc(F)cc2)cc1. The van der Waals surface area contributed by atoms with Gasteiger partial charge in [0.2, 0.25) is 5.91 Å². The molecule has 2 nitrogen and oxygen atoms in total. The third-order valence-electron chi connectivity index (χ3n) is 3.65. The Hall–Kier alpha value is -2.16. The minimum absolute atomic E-state index is 0.0992. The molecule has 0 saturated carbocycles. The van der Waals surface area contributed by atoms with Crippen molar-refractivity contribution in [3.8, 4) is 0 Å². The van der Waals surface area contributed by atoms with Crippen LogP contribution in [0, 0.1) is 5.82 Å². The van der Waals surface area contributed by atoms with Crippen molar-refractivity contribution < 1.29 is 9.18 Å². The highest BCUT2D eigenvalue weighted by Gasteiger charge is 2.06. The van der Waals surface area contributed by atoms with Crippen LogP contribution in [0.3, 0.4) is 0 Å². The highest BCUT2D eigenvalue weighted by molar-refractivity contribution is 5.92. The van der Waals surface area contributed by atoms with Crippen LogP contribution in [-0.4, -0.2) is 5.91 Å². The molecule has 2 rings (SSSR count). The van der Waals surface area contributed by atoms with Gasteiger partial charge in [-0.15, -0.1) is 0 Å². The molecule has 2 aromatic rings. The van der Waals surface area contributed by atoms with Gasteiger partial charge < -0.3 is 5.32 Å². The van der Waals surface area contributed by atoms with E-state index in [2.05, 4.69) is 19.2 Å². The number of amides is 1. The third-order valence-corrected chi connectivity index (χ3v) is 3.65. The van der Waals surface area contributed by atoms with Gasteiger partial charge in [0.1, 0.15) is 5.82 Å². The number of carbonyl (C=O) groups is 1. The Labute approximate surface area is 125 Å². The summed E-state index contributed by atoms with van der Waals surface area (Å²) in [6, 6.07) is 13.9. The molecule has 1 N–H and O–H groups in total. The second-order valence-corrected chi connectivity index (χ2v) is 5.28. The van der Waals surface area contributed by atoms with Crippen LogP contribution in [0.4, 0.5) is 10.1 Å². The Kier molecular flexibility index (Phi) is 5.09. The Morgan fingerprint density at radius 2 is 1.71 bits per heavy atom. The summed E-state index contributed by atoms with van der Waals surface area (Å²) in [5, 5.41) is 2.86. The third kappa shape index (κ3) is 4.42. The number of carbonyl (C=O) groups excluding carboxylic acids is 1. The molecule has 1 atom stereocenters. The highest BCUT2D eigenvalue weighted by Crippen LogP contribution is 2.20. The summed E-state index contributed by atoms with van der Waals surface area (Å²) in [7, 11) is 0. The van der Waals surface area contributed by atoms with Crippen molar-refractivity contribution in [1.82, 2.24) is 0 Å². The van der Waals surface area contributed by atoms with Crippen LogP contribution in [-0.2, 0) is 11.2 Å². The van der Waals surface area contributed by atoms with E-state index in [0.717, 1.165) is 17.7 Å². The number of hydrogen-bond donors (Lipinski definition) is 1. The van der Waals surface area contributed by atoms with Gasteiger partial charge in [0, 0.05) is 5.69 Å². The monoisotopic (exact) mass is 285 g/mol. The predicted octanol–water partition coefficient (Wildman–Crippen LogP) is 4.52. The first-order valence-electron chi connectivity index (χ1n) is 7.22. The fraction of sp³-hybridized carbons (Fsp3) is 0.278. The van der Waals surface area contributed by atoms with Gasteiger partial charge in [-0.2, -0.15) is 0 Å². The predicted molar refractivity (Wildman–Crippen MR) is 83.9 cm³/mol. The van der Waals surface area contributed by atoms with E-state index in [0.29, 0.717) is 5.92 Å². The van der Waals surface area contributed by atoms with Gasteiger partial charge in [-0.3, -0.25) is 4.79 Å². The molecule has 0 aliphatic heterocycles. The summed E-state index contributed by atoms with van der Waals surface area (Å²) in [5.41, 5.74) is 2.85. The fourth-order valence-corrected chi connectivity index (χ4v) is 2.12. The van der Waals surface area contributed by atoms with E-state index in [-0.39, 0.29) is 18.1 Å². The lowest BCUT2D eigenvalue weighted by molar-refractivity contribution is -0.115. The van der Waals surface area contributed by atoms with Crippen LogP contribution in [0.15, 0.2) is 48.5 Å². The summed E-state index contributed by atoms with van der Waals surface area (Å²) < 4.78 is 12.8. The van der Waals surface area contributed by atoms with E-state index >= 15 is 0 Å². The van der Waals surface area contributed by atoms with E-state index < -0.39 is 0 Å². The lowest BCUT2D eigenvalue weighted by Crippen LogP contribution is -2.14. The Morgan fingerprint density at radius 1 is 1.10 bits per heavy atom. The Balaban J connectivity index is 1.94. The topological polar surface area (TPSA) is 29.1 Å². The van der Waals surface area contributed by atoms with Gasteiger partial charge in [-0.1, -0.05) is 38.1 Å². The van der Waals surface area contributed by atoms with Crippen molar-refractivity contribution >= 4 is 11.6 Å². The standard InChI is InChI=1S/C18H20FNO/c1-3-13(2)15-6-10-17(11-7-15)20-18(21)12-14-4-8-16(19)9-5-14/h4-11,13H,3,12H2,1-2H3,(H,20,21)/t13-/m0/s1. The summed E-state index contributed by atoms with van der Waals surface area (Å²) >= 11 is 0. The van der Waals surface area contributed by atoms with Crippen molar-refractivity contribution in [2.75, 3.05) is 5.32 Å². The second-order valence-electron chi connectivity index (χ2n) is 5.28. The minimum atomic E-state index is -0.292. The first-order valence-corrected chi connectivity index (χ1v) is 7.22. The maximum Gasteiger partial charge on any atom is 0.228 e. The summed E-state index contributed by atoms with van der Waals surface area (Å²) in [5.74, 6) is 0.131. The van der Waals surface area contributed by atoms with Gasteiger partial charge in [0.25, 0.3) is 0 Å². The molecule has 0 fully saturated rings. The summed E-state index contributed by atoms with van der Waals surface area (Å²) in [6.07, 6.45) is 1.34. The molecule has 3 heteroatoms. The molecule has 0 radical (unpaired) electrons. The zero-order chi connectivity index (χ0) is 15.2. The van der Waals surface area contributed by atoms with Gasteiger partial charge in [-0.05, 0) is 47.7 Å². The number of benzene rings is 2. The van der Waals surface area contributed by atoms with Gasteiger partial charge in [0.15, 0.2) is 0 Å². The second kappa shape index (κ2) is 7.02. The molecule has 0 aromatic heterocycles. The highest BCUT2D eigenvalue weighted by atomic mass is 19.1. The van der Waals surface area contributed by atoms with Crippen LogP contribution in [0.1, 0.15) is 37.3 Å². The number of anilines is 1. The average Bonchev–Trinajstić information content (AvgIpc) is 2.49. The lowest BCUT2D eigenvalue weighted by atomic mass is 9.98. The normalized spacial score (nSPS) is 12.0. The maximum absolute atomic E-state index is 12.8. The van der Waals surface area contributed by atoms with E-state index in [1.54, 1.807) is 12.1 Å². The minimum Gasteiger partial charge on any atom is -0.326 e.